The summed E-state index contributed by atoms with van der Waals surface area (Å²) in [6.07, 6.45) is 7.59. The number of aromatic amines is 1. The SMILES string of the molecule is CCNc1nc(NCCCCCSC)c2cn[nH]c2n1. The maximum atomic E-state index is 4.50. The number of hydrogen-bond donors (Lipinski definition) is 3. The van der Waals surface area contributed by atoms with E-state index < -0.39 is 0 Å². The molecule has 0 spiro atoms. The number of H-pyrrole nitrogens is 1. The van der Waals surface area contributed by atoms with Gasteiger partial charge >= 0.3 is 0 Å². The lowest BCUT2D eigenvalue weighted by Crippen LogP contribution is -2.08. The smallest absolute Gasteiger partial charge is 0.226 e. The topological polar surface area (TPSA) is 78.5 Å². The van der Waals surface area contributed by atoms with Gasteiger partial charge in [0.2, 0.25) is 5.95 Å². The molecule has 0 atom stereocenters. The lowest BCUT2D eigenvalue weighted by atomic mass is 10.2. The first kappa shape index (κ1) is 14.9. The molecule has 0 fully saturated rings. The van der Waals surface area contributed by atoms with E-state index in [0.717, 1.165) is 36.4 Å². The van der Waals surface area contributed by atoms with Gasteiger partial charge in [0.05, 0.1) is 11.6 Å². The third kappa shape index (κ3) is 4.00. The number of unbranched alkanes of at least 4 members (excludes halogenated alkanes) is 2. The quantitative estimate of drug-likeness (QED) is 0.617. The van der Waals surface area contributed by atoms with Gasteiger partial charge in [0.1, 0.15) is 5.82 Å². The zero-order chi connectivity index (χ0) is 14.2. The largest absolute Gasteiger partial charge is 0.369 e. The average Bonchev–Trinajstić information content (AvgIpc) is 2.91. The Labute approximate surface area is 123 Å². The van der Waals surface area contributed by atoms with Gasteiger partial charge in [0, 0.05) is 13.1 Å². The Hall–Kier alpha value is -1.50. The predicted octanol–water partition coefficient (Wildman–Crippen LogP) is 2.73. The summed E-state index contributed by atoms with van der Waals surface area (Å²) in [6, 6.07) is 0. The fraction of sp³-hybridized carbons (Fsp3) is 0.615. The fourth-order valence-corrected chi connectivity index (χ4v) is 2.45. The van der Waals surface area contributed by atoms with Crippen molar-refractivity contribution in [2.24, 2.45) is 0 Å². The summed E-state index contributed by atoms with van der Waals surface area (Å²) in [5, 5.41) is 14.4. The summed E-state index contributed by atoms with van der Waals surface area (Å²) in [7, 11) is 0. The molecule has 0 bridgehead atoms. The molecule has 2 aromatic rings. The third-order valence-corrected chi connectivity index (χ3v) is 3.66. The highest BCUT2D eigenvalue weighted by atomic mass is 32.2. The molecule has 2 heterocycles. The maximum Gasteiger partial charge on any atom is 0.226 e. The number of nitrogens with one attached hydrogen (secondary N) is 3. The monoisotopic (exact) mass is 294 g/mol. The Balaban J connectivity index is 1.95. The minimum atomic E-state index is 0.633. The van der Waals surface area contributed by atoms with Gasteiger partial charge in [-0.3, -0.25) is 5.10 Å². The molecule has 0 aliphatic heterocycles. The molecule has 0 aromatic carbocycles. The first-order valence-corrected chi connectivity index (χ1v) is 8.42. The lowest BCUT2D eigenvalue weighted by molar-refractivity contribution is 0.748. The van der Waals surface area contributed by atoms with E-state index in [4.69, 9.17) is 0 Å². The van der Waals surface area contributed by atoms with Gasteiger partial charge in [-0.05, 0) is 31.8 Å². The van der Waals surface area contributed by atoms with Gasteiger partial charge in [0.25, 0.3) is 0 Å². The second-order valence-corrected chi connectivity index (χ2v) is 5.52. The number of rotatable bonds is 9. The van der Waals surface area contributed by atoms with Crippen LogP contribution in [0.25, 0.3) is 11.0 Å². The van der Waals surface area contributed by atoms with Crippen molar-refractivity contribution < 1.29 is 0 Å². The first-order chi connectivity index (χ1) is 9.85. The van der Waals surface area contributed by atoms with Crippen LogP contribution in [0.1, 0.15) is 26.2 Å². The Morgan fingerprint density at radius 3 is 2.90 bits per heavy atom. The standard InChI is InChI=1S/C13H22N6S/c1-3-14-13-17-11(10-9-16-19-12(10)18-13)15-7-5-4-6-8-20-2/h9H,3-8H2,1-2H3,(H3,14,15,16,17,18,19). The van der Waals surface area contributed by atoms with Crippen molar-refractivity contribution in [2.45, 2.75) is 26.2 Å². The van der Waals surface area contributed by atoms with Crippen LogP contribution in [0.2, 0.25) is 0 Å². The van der Waals surface area contributed by atoms with Crippen LogP contribution in [0.5, 0.6) is 0 Å². The molecule has 6 nitrogen and oxygen atoms in total. The molecular weight excluding hydrogens is 272 g/mol. The zero-order valence-electron chi connectivity index (χ0n) is 12.1. The fourth-order valence-electron chi connectivity index (χ4n) is 1.96. The molecule has 2 rings (SSSR count). The second kappa shape index (κ2) is 7.94. The third-order valence-electron chi connectivity index (χ3n) is 2.96. The maximum absolute atomic E-state index is 4.50. The number of fused-ring (bicyclic) bond motifs is 1. The van der Waals surface area contributed by atoms with Gasteiger partial charge < -0.3 is 10.6 Å². The minimum absolute atomic E-state index is 0.633. The molecule has 2 aromatic heterocycles. The number of nitrogens with zero attached hydrogens (tertiary/aromatic N) is 3. The molecule has 0 amide bonds. The van der Waals surface area contributed by atoms with Crippen molar-refractivity contribution in [3.8, 4) is 0 Å². The number of aromatic nitrogens is 4. The normalized spacial score (nSPS) is 10.9. The highest BCUT2D eigenvalue weighted by Gasteiger charge is 2.08. The van der Waals surface area contributed by atoms with Crippen LogP contribution in [0.3, 0.4) is 0 Å². The van der Waals surface area contributed by atoms with Gasteiger partial charge in [-0.15, -0.1) is 0 Å². The van der Waals surface area contributed by atoms with Crippen LogP contribution in [0.4, 0.5) is 11.8 Å². The summed E-state index contributed by atoms with van der Waals surface area (Å²) in [5.74, 6) is 2.73. The molecule has 3 N–H and O–H groups in total. The van der Waals surface area contributed by atoms with E-state index in [9.17, 15) is 0 Å². The van der Waals surface area contributed by atoms with E-state index in [-0.39, 0.29) is 0 Å². The number of thioether (sulfide) groups is 1. The summed E-state index contributed by atoms with van der Waals surface area (Å²) in [5.41, 5.74) is 0.765. The Morgan fingerprint density at radius 2 is 2.10 bits per heavy atom. The first-order valence-electron chi connectivity index (χ1n) is 7.03. The van der Waals surface area contributed by atoms with E-state index in [1.54, 1.807) is 6.20 Å². The molecule has 110 valence electrons. The van der Waals surface area contributed by atoms with Crippen molar-refractivity contribution in [2.75, 3.05) is 35.7 Å². The molecule has 20 heavy (non-hydrogen) atoms. The van der Waals surface area contributed by atoms with Gasteiger partial charge in [-0.1, -0.05) is 6.42 Å². The van der Waals surface area contributed by atoms with Gasteiger partial charge in [-0.25, -0.2) is 0 Å². The van der Waals surface area contributed by atoms with Crippen LogP contribution >= 0.6 is 11.8 Å². The Morgan fingerprint density at radius 1 is 1.20 bits per heavy atom. The van der Waals surface area contributed by atoms with Crippen LogP contribution in [0.15, 0.2) is 6.20 Å². The Kier molecular flexibility index (Phi) is 5.91. The number of hydrogen-bond acceptors (Lipinski definition) is 6. The van der Waals surface area contributed by atoms with E-state index >= 15 is 0 Å². The highest BCUT2D eigenvalue weighted by molar-refractivity contribution is 7.98. The van der Waals surface area contributed by atoms with Crippen LogP contribution in [0, 0.1) is 0 Å². The van der Waals surface area contributed by atoms with E-state index in [1.807, 2.05) is 18.7 Å². The molecular formula is C13H22N6S. The van der Waals surface area contributed by atoms with Crippen molar-refractivity contribution >= 4 is 34.6 Å². The summed E-state index contributed by atoms with van der Waals surface area (Å²) in [4.78, 5) is 8.87. The molecule has 7 heteroatoms. The summed E-state index contributed by atoms with van der Waals surface area (Å²) < 4.78 is 0. The molecule has 0 unspecified atom stereocenters. The second-order valence-electron chi connectivity index (χ2n) is 4.54. The molecule has 0 saturated carbocycles. The number of anilines is 2. The van der Waals surface area contributed by atoms with Gasteiger partial charge in [0.15, 0.2) is 5.65 Å². The van der Waals surface area contributed by atoms with E-state index in [2.05, 4.69) is 37.1 Å². The van der Waals surface area contributed by atoms with Crippen LogP contribution in [-0.2, 0) is 0 Å². The molecule has 0 radical (unpaired) electrons. The van der Waals surface area contributed by atoms with Crippen molar-refractivity contribution in [3.05, 3.63) is 6.20 Å². The van der Waals surface area contributed by atoms with Crippen LogP contribution in [-0.4, -0.2) is 45.3 Å². The van der Waals surface area contributed by atoms with E-state index in [0.29, 0.717) is 5.95 Å². The predicted molar refractivity (Wildman–Crippen MR) is 86.6 cm³/mol. The summed E-state index contributed by atoms with van der Waals surface area (Å²) in [6.45, 7) is 3.75. The van der Waals surface area contributed by atoms with E-state index in [1.165, 1.54) is 18.6 Å². The molecule has 0 aliphatic carbocycles. The average molecular weight is 294 g/mol. The van der Waals surface area contributed by atoms with Crippen molar-refractivity contribution in [1.82, 2.24) is 20.2 Å². The van der Waals surface area contributed by atoms with Gasteiger partial charge in [-0.2, -0.15) is 26.8 Å². The van der Waals surface area contributed by atoms with Crippen molar-refractivity contribution in [1.29, 1.82) is 0 Å². The minimum Gasteiger partial charge on any atom is -0.369 e. The molecule has 0 saturated heterocycles. The summed E-state index contributed by atoms with van der Waals surface area (Å²) >= 11 is 1.90. The molecule has 0 aliphatic rings. The zero-order valence-corrected chi connectivity index (χ0v) is 12.9. The van der Waals surface area contributed by atoms with Crippen molar-refractivity contribution in [3.63, 3.8) is 0 Å². The lowest BCUT2D eigenvalue weighted by Gasteiger charge is -2.08. The Bertz CT molecular complexity index is 527. The highest BCUT2D eigenvalue weighted by Crippen LogP contribution is 2.19. The van der Waals surface area contributed by atoms with Crippen LogP contribution < -0.4 is 10.6 Å².